The number of halogens is 1. The van der Waals surface area contributed by atoms with Gasteiger partial charge >= 0.3 is 5.97 Å². The number of benzene rings is 1. The quantitative estimate of drug-likeness (QED) is 0.569. The fourth-order valence-corrected chi connectivity index (χ4v) is 1.99. The molecule has 7 heteroatoms. The van der Waals surface area contributed by atoms with E-state index in [1.54, 1.807) is 0 Å². The molecule has 0 aliphatic heterocycles. The molecule has 2 N–H and O–H groups in total. The van der Waals surface area contributed by atoms with Crippen molar-refractivity contribution in [1.29, 1.82) is 0 Å². The van der Waals surface area contributed by atoms with E-state index in [0.29, 0.717) is 12.0 Å². The maximum absolute atomic E-state index is 11.1. The highest BCUT2D eigenvalue weighted by Crippen LogP contribution is 2.22. The third kappa shape index (κ3) is 4.79. The first-order valence-electron chi connectivity index (χ1n) is 6.34. The molecule has 0 heterocycles. The molecule has 0 aromatic heterocycles. The molecule has 110 valence electrons. The lowest BCUT2D eigenvalue weighted by Gasteiger charge is -2.14. The number of carboxylic acids is 1. The van der Waals surface area contributed by atoms with E-state index >= 15 is 0 Å². The summed E-state index contributed by atoms with van der Waals surface area (Å²) in [6, 6.07) is 3.51. The first-order chi connectivity index (χ1) is 9.45. The molecule has 1 aromatic rings. The van der Waals surface area contributed by atoms with Crippen LogP contribution in [0.4, 0.5) is 5.69 Å². The Kier molecular flexibility index (Phi) is 6.41. The number of non-ortho nitro benzene ring substituents is 1. The predicted molar refractivity (Wildman–Crippen MR) is 75.9 cm³/mol. The van der Waals surface area contributed by atoms with E-state index in [2.05, 4.69) is 5.32 Å². The monoisotopic (exact) mass is 300 g/mol. The van der Waals surface area contributed by atoms with E-state index in [1.807, 2.05) is 6.92 Å². The third-order valence-corrected chi connectivity index (χ3v) is 3.28. The van der Waals surface area contributed by atoms with Crippen LogP contribution in [0.5, 0.6) is 0 Å². The van der Waals surface area contributed by atoms with Gasteiger partial charge < -0.3 is 10.4 Å². The van der Waals surface area contributed by atoms with Crippen molar-refractivity contribution in [1.82, 2.24) is 5.32 Å². The summed E-state index contributed by atoms with van der Waals surface area (Å²) >= 11 is 5.95. The number of aliphatic carboxylic acids is 1. The maximum Gasteiger partial charge on any atom is 0.320 e. The molecule has 20 heavy (non-hydrogen) atoms. The Bertz CT molecular complexity index is 493. The van der Waals surface area contributed by atoms with Gasteiger partial charge in [0.25, 0.3) is 5.69 Å². The second-order valence-corrected chi connectivity index (χ2v) is 4.85. The van der Waals surface area contributed by atoms with Gasteiger partial charge in [0.05, 0.1) is 9.95 Å². The van der Waals surface area contributed by atoms with Crippen LogP contribution in [0, 0.1) is 10.1 Å². The minimum absolute atomic E-state index is 0.0838. The molecule has 0 saturated carbocycles. The number of carboxylic acid groups (broad SMARTS) is 1. The maximum atomic E-state index is 11.1. The zero-order chi connectivity index (χ0) is 15.1. The fraction of sp³-hybridized carbons (Fsp3) is 0.462. The Labute approximate surface area is 121 Å². The Hall–Kier alpha value is -1.66. The largest absolute Gasteiger partial charge is 0.480 e. The highest BCUT2D eigenvalue weighted by atomic mass is 35.5. The van der Waals surface area contributed by atoms with Crippen molar-refractivity contribution in [3.8, 4) is 0 Å². The van der Waals surface area contributed by atoms with Gasteiger partial charge in [-0.2, -0.15) is 0 Å². The molecule has 0 saturated heterocycles. The van der Waals surface area contributed by atoms with Crippen molar-refractivity contribution in [2.24, 2.45) is 0 Å². The van der Waals surface area contributed by atoms with Crippen LogP contribution < -0.4 is 5.32 Å². The smallest absolute Gasteiger partial charge is 0.320 e. The summed E-state index contributed by atoms with van der Waals surface area (Å²) in [5.74, 6) is -0.906. The van der Waals surface area contributed by atoms with Gasteiger partial charge in [-0.15, -0.1) is 0 Å². The van der Waals surface area contributed by atoms with Crippen LogP contribution >= 0.6 is 11.6 Å². The standard InChI is InChI=1S/C13H17ClN2O4/c1-2-3-4-12(13(17)18)15-8-9-5-6-10(16(19)20)7-11(9)14/h5-7,12,15H,2-4,8H2,1H3,(H,17,18)/t12-/m0/s1. The summed E-state index contributed by atoms with van der Waals surface area (Å²) in [4.78, 5) is 21.1. The average Bonchev–Trinajstić information content (AvgIpc) is 2.39. The van der Waals surface area contributed by atoms with Crippen molar-refractivity contribution in [2.75, 3.05) is 0 Å². The lowest BCUT2D eigenvalue weighted by Crippen LogP contribution is -2.36. The third-order valence-electron chi connectivity index (χ3n) is 2.93. The number of nitro benzene ring substituents is 1. The molecule has 0 amide bonds. The number of hydrogen-bond donors (Lipinski definition) is 2. The van der Waals surface area contributed by atoms with Crippen LogP contribution in [0.3, 0.4) is 0 Å². The van der Waals surface area contributed by atoms with Gasteiger partial charge in [0.15, 0.2) is 0 Å². The Balaban J connectivity index is 2.68. The molecular formula is C13H17ClN2O4. The molecule has 0 spiro atoms. The van der Waals surface area contributed by atoms with Gasteiger partial charge in [-0.05, 0) is 18.1 Å². The van der Waals surface area contributed by atoms with Gasteiger partial charge in [-0.3, -0.25) is 14.9 Å². The molecule has 6 nitrogen and oxygen atoms in total. The zero-order valence-corrected chi connectivity index (χ0v) is 11.9. The molecule has 0 aliphatic carbocycles. The number of hydrogen-bond acceptors (Lipinski definition) is 4. The van der Waals surface area contributed by atoms with E-state index in [1.165, 1.54) is 18.2 Å². The van der Waals surface area contributed by atoms with Crippen molar-refractivity contribution in [2.45, 2.75) is 38.8 Å². The summed E-state index contributed by atoms with van der Waals surface area (Å²) in [6.45, 7) is 2.25. The Morgan fingerprint density at radius 2 is 2.25 bits per heavy atom. The molecule has 0 unspecified atom stereocenters. The first kappa shape index (κ1) is 16.4. The summed E-state index contributed by atoms with van der Waals surface area (Å²) in [5.41, 5.74) is 0.555. The summed E-state index contributed by atoms with van der Waals surface area (Å²) in [5, 5.41) is 22.8. The van der Waals surface area contributed by atoms with Crippen molar-refractivity contribution in [3.63, 3.8) is 0 Å². The van der Waals surface area contributed by atoms with Gasteiger partial charge in [0.1, 0.15) is 6.04 Å². The van der Waals surface area contributed by atoms with E-state index in [9.17, 15) is 14.9 Å². The average molecular weight is 301 g/mol. The molecular weight excluding hydrogens is 284 g/mol. The fourth-order valence-electron chi connectivity index (χ4n) is 1.75. The molecule has 1 aromatic carbocycles. The summed E-state index contributed by atoms with van der Waals surface area (Å²) in [7, 11) is 0. The molecule has 0 fully saturated rings. The van der Waals surface area contributed by atoms with Crippen LogP contribution in [0.1, 0.15) is 31.7 Å². The van der Waals surface area contributed by atoms with Crippen molar-refractivity contribution in [3.05, 3.63) is 38.9 Å². The Morgan fingerprint density at radius 3 is 2.75 bits per heavy atom. The number of rotatable bonds is 8. The van der Waals surface area contributed by atoms with Crippen LogP contribution in [0.15, 0.2) is 18.2 Å². The topological polar surface area (TPSA) is 92.5 Å². The van der Waals surface area contributed by atoms with Crippen LogP contribution in [-0.2, 0) is 11.3 Å². The molecule has 0 bridgehead atoms. The van der Waals surface area contributed by atoms with Gasteiger partial charge in [0.2, 0.25) is 0 Å². The molecule has 0 aliphatic rings. The summed E-state index contributed by atoms with van der Waals surface area (Å²) in [6.07, 6.45) is 2.28. The van der Waals surface area contributed by atoms with Crippen molar-refractivity contribution < 1.29 is 14.8 Å². The Morgan fingerprint density at radius 1 is 1.55 bits per heavy atom. The number of nitro groups is 1. The number of unbranched alkanes of at least 4 members (excludes halogenated alkanes) is 1. The van der Waals surface area contributed by atoms with E-state index < -0.39 is 16.9 Å². The van der Waals surface area contributed by atoms with E-state index in [0.717, 1.165) is 12.8 Å². The zero-order valence-electron chi connectivity index (χ0n) is 11.1. The van der Waals surface area contributed by atoms with Gasteiger partial charge in [-0.25, -0.2) is 0 Å². The normalized spacial score (nSPS) is 12.1. The van der Waals surface area contributed by atoms with Crippen molar-refractivity contribution >= 4 is 23.3 Å². The number of nitrogens with one attached hydrogen (secondary N) is 1. The lowest BCUT2D eigenvalue weighted by atomic mass is 10.1. The van der Waals surface area contributed by atoms with Crippen LogP contribution in [0.2, 0.25) is 5.02 Å². The minimum atomic E-state index is -0.906. The van der Waals surface area contributed by atoms with Gasteiger partial charge in [0, 0.05) is 18.7 Å². The number of nitrogens with zero attached hydrogens (tertiary/aromatic N) is 1. The predicted octanol–water partition coefficient (Wildman–Crippen LogP) is 2.98. The SMILES string of the molecule is CCCC[C@H](NCc1ccc([N+](=O)[O-])cc1Cl)C(=O)O. The summed E-state index contributed by atoms with van der Waals surface area (Å²) < 4.78 is 0. The molecule has 1 atom stereocenters. The minimum Gasteiger partial charge on any atom is -0.480 e. The number of carbonyl (C=O) groups is 1. The van der Waals surface area contributed by atoms with Gasteiger partial charge in [-0.1, -0.05) is 31.4 Å². The second-order valence-electron chi connectivity index (χ2n) is 4.45. The molecule has 1 rings (SSSR count). The highest BCUT2D eigenvalue weighted by molar-refractivity contribution is 6.31. The first-order valence-corrected chi connectivity index (χ1v) is 6.72. The van der Waals surface area contributed by atoms with Crippen LogP contribution in [-0.4, -0.2) is 22.0 Å². The van der Waals surface area contributed by atoms with Crippen LogP contribution in [0.25, 0.3) is 0 Å². The molecule has 0 radical (unpaired) electrons. The highest BCUT2D eigenvalue weighted by Gasteiger charge is 2.17. The lowest BCUT2D eigenvalue weighted by molar-refractivity contribution is -0.384. The van der Waals surface area contributed by atoms with E-state index in [-0.39, 0.29) is 17.3 Å². The second kappa shape index (κ2) is 7.81. The van der Waals surface area contributed by atoms with E-state index in [4.69, 9.17) is 16.7 Å².